The van der Waals surface area contributed by atoms with Gasteiger partial charge in [0.2, 0.25) is 5.91 Å². The van der Waals surface area contributed by atoms with Crippen LogP contribution in [0.5, 0.6) is 0 Å². The molecule has 1 saturated heterocycles. The topological polar surface area (TPSA) is 66.3 Å². The van der Waals surface area contributed by atoms with E-state index < -0.39 is 17.0 Å². The van der Waals surface area contributed by atoms with Crippen LogP contribution in [-0.4, -0.2) is 45.8 Å². The number of rotatable bonds is 3. The Bertz CT molecular complexity index is 999. The van der Waals surface area contributed by atoms with Crippen molar-refractivity contribution in [3.05, 3.63) is 47.2 Å². The number of benzene rings is 1. The molecule has 1 aliphatic heterocycles. The quantitative estimate of drug-likeness (QED) is 0.862. The van der Waals surface area contributed by atoms with Crippen LogP contribution in [0.2, 0.25) is 0 Å². The third-order valence-corrected chi connectivity index (χ3v) is 7.47. The predicted molar refractivity (Wildman–Crippen MR) is 102 cm³/mol. The van der Waals surface area contributed by atoms with Gasteiger partial charge in [0.05, 0.1) is 22.4 Å². The van der Waals surface area contributed by atoms with Crippen molar-refractivity contribution in [3.63, 3.8) is 0 Å². The van der Waals surface area contributed by atoms with Crippen LogP contribution in [-0.2, 0) is 10.2 Å². The Kier molecular flexibility index (Phi) is 3.88. The van der Waals surface area contributed by atoms with Crippen LogP contribution in [0.15, 0.2) is 24.3 Å². The van der Waals surface area contributed by atoms with E-state index in [1.165, 1.54) is 18.2 Å². The average molecular weight is 399 g/mol. The van der Waals surface area contributed by atoms with Gasteiger partial charge >= 0.3 is 0 Å². The van der Waals surface area contributed by atoms with E-state index in [0.717, 1.165) is 12.0 Å². The fourth-order valence-electron chi connectivity index (χ4n) is 5.78. The molecule has 1 aromatic heterocycles. The van der Waals surface area contributed by atoms with Crippen LogP contribution in [0.25, 0.3) is 11.3 Å². The highest BCUT2D eigenvalue weighted by molar-refractivity contribution is 5.92. The molecule has 2 fully saturated rings. The number of aromatic nitrogens is 2. The molecule has 2 bridgehead atoms. The summed E-state index contributed by atoms with van der Waals surface area (Å²) in [5, 5.41) is 17.8. The maximum Gasteiger partial charge on any atom is 0.235 e. The summed E-state index contributed by atoms with van der Waals surface area (Å²) in [6.07, 6.45) is 1.52. The number of amides is 1. The maximum atomic E-state index is 14.3. The molecular weight excluding hydrogens is 376 g/mol. The second-order valence-corrected chi connectivity index (χ2v) is 9.11. The summed E-state index contributed by atoms with van der Waals surface area (Å²) in [7, 11) is 0. The third-order valence-electron chi connectivity index (χ3n) is 7.47. The Morgan fingerprint density at radius 1 is 1.24 bits per heavy atom. The zero-order valence-corrected chi connectivity index (χ0v) is 16.5. The van der Waals surface area contributed by atoms with E-state index in [1.807, 2.05) is 0 Å². The molecule has 0 unspecified atom stereocenters. The molecule has 1 aromatic carbocycles. The smallest absolute Gasteiger partial charge is 0.235 e. The monoisotopic (exact) mass is 399 g/mol. The fourth-order valence-corrected chi connectivity index (χ4v) is 5.78. The molecule has 2 aromatic rings. The SMILES string of the molecule is CC1(C)[C@@H]2CC[C@@]1(C(=O)N1CC(CO)C1)c1nnc(-c3c(F)cccc3F)cc12. The first-order chi connectivity index (χ1) is 13.8. The van der Waals surface area contributed by atoms with Gasteiger partial charge in [0.1, 0.15) is 11.6 Å². The molecule has 5 nitrogen and oxygen atoms in total. The van der Waals surface area contributed by atoms with E-state index in [2.05, 4.69) is 24.0 Å². The fraction of sp³-hybridized carbons (Fsp3) is 0.500. The van der Waals surface area contributed by atoms with Gasteiger partial charge in [-0.1, -0.05) is 19.9 Å². The highest BCUT2D eigenvalue weighted by Gasteiger charge is 2.68. The number of carbonyl (C=O) groups is 1. The molecule has 2 heterocycles. The summed E-state index contributed by atoms with van der Waals surface area (Å²) < 4.78 is 28.5. The summed E-state index contributed by atoms with van der Waals surface area (Å²) >= 11 is 0. The molecule has 1 amide bonds. The zero-order chi connectivity index (χ0) is 20.6. The molecule has 3 aliphatic rings. The van der Waals surface area contributed by atoms with Crippen molar-refractivity contribution >= 4 is 5.91 Å². The van der Waals surface area contributed by atoms with Crippen molar-refractivity contribution < 1.29 is 18.7 Å². The molecule has 152 valence electrons. The second kappa shape index (κ2) is 6.05. The molecule has 2 aliphatic carbocycles. The van der Waals surface area contributed by atoms with Crippen LogP contribution in [0.4, 0.5) is 8.78 Å². The lowest BCUT2D eigenvalue weighted by Gasteiger charge is -2.46. The minimum Gasteiger partial charge on any atom is -0.396 e. The van der Waals surface area contributed by atoms with Crippen LogP contribution in [0.1, 0.15) is 43.9 Å². The predicted octanol–water partition coefficient (Wildman–Crippen LogP) is 3.03. The standard InChI is InChI=1S/C22H23F2N3O2/c1-21(2)14-6-7-22(21,20(29)27-9-12(10-27)11-28)19-13(14)8-17(25-26-19)18-15(23)4-3-5-16(18)24/h3-5,8,12,14,28H,6-7,9-11H2,1-2H3/t14-,22+/m1/s1. The summed E-state index contributed by atoms with van der Waals surface area (Å²) in [5.41, 5.74) is 0.370. The number of hydrogen-bond donors (Lipinski definition) is 1. The van der Waals surface area contributed by atoms with Crippen LogP contribution < -0.4 is 0 Å². The Labute approximate surface area is 167 Å². The third kappa shape index (κ3) is 2.25. The number of hydrogen-bond acceptors (Lipinski definition) is 4. The summed E-state index contributed by atoms with van der Waals surface area (Å²) in [6.45, 7) is 5.35. The second-order valence-electron chi connectivity index (χ2n) is 9.11. The van der Waals surface area contributed by atoms with E-state index >= 15 is 0 Å². The first-order valence-corrected chi connectivity index (χ1v) is 10.0. The van der Waals surface area contributed by atoms with Crippen LogP contribution in [0, 0.1) is 23.0 Å². The van der Waals surface area contributed by atoms with Crippen LogP contribution in [0.3, 0.4) is 0 Å². The largest absolute Gasteiger partial charge is 0.396 e. The Morgan fingerprint density at radius 2 is 1.93 bits per heavy atom. The van der Waals surface area contributed by atoms with Crippen molar-refractivity contribution in [2.24, 2.45) is 11.3 Å². The zero-order valence-electron chi connectivity index (χ0n) is 16.5. The Hall–Kier alpha value is -2.41. The molecule has 0 radical (unpaired) electrons. The minimum atomic E-state index is -0.771. The van der Waals surface area contributed by atoms with E-state index in [9.17, 15) is 18.7 Å². The normalized spacial score (nSPS) is 27.1. The van der Waals surface area contributed by atoms with Gasteiger partial charge in [-0.25, -0.2) is 8.78 Å². The molecule has 1 saturated carbocycles. The summed E-state index contributed by atoms with van der Waals surface area (Å²) in [5.74, 6) is -1.10. The van der Waals surface area contributed by atoms with Gasteiger partial charge in [0, 0.05) is 25.6 Å². The number of aliphatic hydroxyl groups excluding tert-OH is 1. The maximum absolute atomic E-state index is 14.3. The van der Waals surface area contributed by atoms with Crippen LogP contribution >= 0.6 is 0 Å². The van der Waals surface area contributed by atoms with E-state index in [1.54, 1.807) is 11.0 Å². The first-order valence-electron chi connectivity index (χ1n) is 10.0. The molecule has 29 heavy (non-hydrogen) atoms. The van der Waals surface area contributed by atoms with Crippen molar-refractivity contribution in [1.82, 2.24) is 15.1 Å². The number of fused-ring (bicyclic) bond motifs is 5. The van der Waals surface area contributed by atoms with Crippen molar-refractivity contribution in [2.45, 2.75) is 38.0 Å². The highest BCUT2D eigenvalue weighted by Crippen LogP contribution is 2.68. The van der Waals surface area contributed by atoms with Gasteiger partial charge in [0.25, 0.3) is 0 Å². The van der Waals surface area contributed by atoms with Gasteiger partial charge in [0.15, 0.2) is 0 Å². The first kappa shape index (κ1) is 18.6. The summed E-state index contributed by atoms with van der Waals surface area (Å²) in [6, 6.07) is 5.45. The Balaban J connectivity index is 1.60. The lowest BCUT2D eigenvalue weighted by molar-refractivity contribution is -0.148. The number of nitrogens with zero attached hydrogens (tertiary/aromatic N) is 3. The van der Waals surface area contributed by atoms with Crippen molar-refractivity contribution in [3.8, 4) is 11.3 Å². The van der Waals surface area contributed by atoms with Gasteiger partial charge in [-0.3, -0.25) is 4.79 Å². The number of carbonyl (C=O) groups excluding carboxylic acids is 1. The lowest BCUT2D eigenvalue weighted by Crippen LogP contribution is -2.59. The molecule has 0 spiro atoms. The van der Waals surface area contributed by atoms with E-state index in [0.29, 0.717) is 25.2 Å². The molecule has 5 rings (SSSR count). The van der Waals surface area contributed by atoms with E-state index in [-0.39, 0.29) is 41.0 Å². The lowest BCUT2D eigenvalue weighted by atomic mass is 9.67. The average Bonchev–Trinajstić information content (AvgIpc) is 3.02. The molecule has 7 heteroatoms. The summed E-state index contributed by atoms with van der Waals surface area (Å²) in [4.78, 5) is 15.4. The number of likely N-dealkylation sites (tertiary alicyclic amines) is 1. The number of aliphatic hydroxyl groups is 1. The molecule has 2 atom stereocenters. The van der Waals surface area contributed by atoms with E-state index in [4.69, 9.17) is 0 Å². The van der Waals surface area contributed by atoms with Crippen molar-refractivity contribution in [1.29, 1.82) is 0 Å². The van der Waals surface area contributed by atoms with Gasteiger partial charge < -0.3 is 10.0 Å². The molecular formula is C22H23F2N3O2. The van der Waals surface area contributed by atoms with Crippen molar-refractivity contribution in [2.75, 3.05) is 19.7 Å². The molecule has 1 N–H and O–H groups in total. The Morgan fingerprint density at radius 3 is 2.59 bits per heavy atom. The highest BCUT2D eigenvalue weighted by atomic mass is 19.1. The van der Waals surface area contributed by atoms with Gasteiger partial charge in [-0.2, -0.15) is 5.10 Å². The van der Waals surface area contributed by atoms with Gasteiger partial charge in [-0.15, -0.1) is 5.10 Å². The van der Waals surface area contributed by atoms with Gasteiger partial charge in [-0.05, 0) is 47.9 Å². The minimum absolute atomic E-state index is 0.0348. The number of halogens is 2.